The minimum atomic E-state index is -0.583. The molecular weight excluding hydrogens is 415 g/mol. The summed E-state index contributed by atoms with van der Waals surface area (Å²) >= 11 is 5.78. The molecule has 0 saturated carbocycles. The maximum atomic E-state index is 13.3. The van der Waals surface area contributed by atoms with E-state index in [1.54, 1.807) is 11.6 Å². The maximum Gasteiger partial charge on any atom is 0.408 e. The number of alkyl carbamates (subject to hydrolysis) is 1. The second-order valence-electron chi connectivity index (χ2n) is 6.85. The van der Waals surface area contributed by atoms with Crippen LogP contribution in [0.25, 0.3) is 0 Å². The first-order valence-corrected chi connectivity index (χ1v) is 9.52. The van der Waals surface area contributed by atoms with Crippen LogP contribution in [-0.4, -0.2) is 31.7 Å². The van der Waals surface area contributed by atoms with Crippen molar-refractivity contribution in [1.82, 2.24) is 25.1 Å². The number of nitrogens with zero attached hydrogens (tertiary/aromatic N) is 3. The number of rotatable bonds is 5. The van der Waals surface area contributed by atoms with Crippen LogP contribution in [0.3, 0.4) is 0 Å². The molecule has 0 fully saturated rings. The summed E-state index contributed by atoms with van der Waals surface area (Å²) in [5.41, 5.74) is 2.58. The number of aryl methyl sites for hydroxylation is 1. The number of hydrogen-bond acceptors (Lipinski definition) is 5. The molecule has 0 saturated heterocycles. The van der Waals surface area contributed by atoms with Gasteiger partial charge in [-0.3, -0.25) is 9.89 Å². The van der Waals surface area contributed by atoms with Crippen LogP contribution in [0.15, 0.2) is 30.7 Å². The standard InChI is InChI=1S/C19H18ClFN6O3/c1-27-7-12-11(17(27)18(28)24-10-2-4-14(21)13(20)6-10)3-5-15(12)25-19(29)30-8-16-22-9-23-26-16/h2,4,6-7,9,15H,3,5,8H2,1H3,(H,24,28)(H,25,29)(H,22,23,26)/t15-/m0/s1. The lowest BCUT2D eigenvalue weighted by molar-refractivity contribution is 0.101. The van der Waals surface area contributed by atoms with E-state index in [1.165, 1.54) is 24.5 Å². The Morgan fingerprint density at radius 1 is 1.43 bits per heavy atom. The first kappa shape index (κ1) is 19.9. The van der Waals surface area contributed by atoms with Gasteiger partial charge in [0.15, 0.2) is 12.4 Å². The molecule has 30 heavy (non-hydrogen) atoms. The zero-order chi connectivity index (χ0) is 21.3. The monoisotopic (exact) mass is 432 g/mol. The van der Waals surface area contributed by atoms with E-state index < -0.39 is 11.9 Å². The zero-order valence-corrected chi connectivity index (χ0v) is 16.7. The van der Waals surface area contributed by atoms with E-state index in [2.05, 4.69) is 25.8 Å². The van der Waals surface area contributed by atoms with Crippen LogP contribution >= 0.6 is 11.6 Å². The summed E-state index contributed by atoms with van der Waals surface area (Å²) in [6.45, 7) is -0.0198. The number of aromatic nitrogens is 4. The Kier molecular flexibility index (Phi) is 5.40. The Morgan fingerprint density at radius 2 is 2.27 bits per heavy atom. The molecule has 1 aromatic carbocycles. The Hall–Kier alpha value is -3.40. The quantitative estimate of drug-likeness (QED) is 0.573. The van der Waals surface area contributed by atoms with E-state index >= 15 is 0 Å². The summed E-state index contributed by atoms with van der Waals surface area (Å²) in [4.78, 5) is 28.8. The highest BCUT2D eigenvalue weighted by Gasteiger charge is 2.31. The normalized spacial score (nSPS) is 15.0. The third kappa shape index (κ3) is 3.99. The van der Waals surface area contributed by atoms with Gasteiger partial charge < -0.3 is 19.9 Å². The fraction of sp³-hybridized carbons (Fsp3) is 0.263. The molecule has 1 aliphatic carbocycles. The van der Waals surface area contributed by atoms with Crippen molar-refractivity contribution in [2.24, 2.45) is 7.05 Å². The number of hydrogen-bond donors (Lipinski definition) is 3. The van der Waals surface area contributed by atoms with Crippen LogP contribution in [0.1, 0.15) is 39.9 Å². The van der Waals surface area contributed by atoms with Crippen molar-refractivity contribution >= 4 is 29.3 Å². The maximum absolute atomic E-state index is 13.3. The lowest BCUT2D eigenvalue weighted by atomic mass is 10.1. The van der Waals surface area contributed by atoms with Gasteiger partial charge in [0.1, 0.15) is 17.8 Å². The number of carbonyl (C=O) groups is 2. The molecule has 0 spiro atoms. The van der Waals surface area contributed by atoms with Crippen LogP contribution in [0.4, 0.5) is 14.9 Å². The SMILES string of the molecule is Cn1cc2c(c1C(=O)Nc1ccc(F)c(Cl)c1)CC[C@@H]2NC(=O)OCc1ncn[nH]1. The van der Waals surface area contributed by atoms with Gasteiger partial charge in [-0.05, 0) is 42.2 Å². The van der Waals surface area contributed by atoms with E-state index in [0.29, 0.717) is 30.0 Å². The number of fused-ring (bicyclic) bond motifs is 1. The van der Waals surface area contributed by atoms with E-state index in [1.807, 2.05) is 6.20 Å². The number of anilines is 1. The number of benzene rings is 1. The van der Waals surface area contributed by atoms with Crippen LogP contribution in [-0.2, 0) is 24.8 Å². The summed E-state index contributed by atoms with van der Waals surface area (Å²) in [5, 5.41) is 11.8. The van der Waals surface area contributed by atoms with Crippen molar-refractivity contribution in [3.8, 4) is 0 Å². The number of nitrogens with one attached hydrogen (secondary N) is 3. The largest absolute Gasteiger partial charge is 0.441 e. The molecule has 0 unspecified atom stereocenters. The Labute approximate surface area is 175 Å². The molecule has 3 aromatic rings. The predicted molar refractivity (Wildman–Crippen MR) is 106 cm³/mol. The topological polar surface area (TPSA) is 114 Å². The third-order valence-corrected chi connectivity index (χ3v) is 5.16. The number of carbonyl (C=O) groups excluding carboxylic acids is 2. The smallest absolute Gasteiger partial charge is 0.408 e. The molecule has 0 aliphatic heterocycles. The van der Waals surface area contributed by atoms with Gasteiger partial charge in [-0.2, -0.15) is 5.10 Å². The summed E-state index contributed by atoms with van der Waals surface area (Å²) in [6, 6.07) is 3.72. The van der Waals surface area contributed by atoms with Crippen molar-refractivity contribution in [2.75, 3.05) is 5.32 Å². The molecule has 0 radical (unpaired) electrons. The highest BCUT2D eigenvalue weighted by Crippen LogP contribution is 2.35. The van der Waals surface area contributed by atoms with Crippen LogP contribution < -0.4 is 10.6 Å². The molecule has 4 rings (SSSR count). The van der Waals surface area contributed by atoms with Crippen molar-refractivity contribution in [1.29, 1.82) is 0 Å². The van der Waals surface area contributed by atoms with Crippen molar-refractivity contribution < 1.29 is 18.7 Å². The predicted octanol–water partition coefficient (Wildman–Crippen LogP) is 3.10. The number of H-pyrrole nitrogens is 1. The van der Waals surface area contributed by atoms with Crippen LogP contribution in [0.2, 0.25) is 5.02 Å². The van der Waals surface area contributed by atoms with E-state index in [9.17, 15) is 14.0 Å². The fourth-order valence-corrected chi connectivity index (χ4v) is 3.72. The first-order chi connectivity index (χ1) is 14.4. The van der Waals surface area contributed by atoms with Gasteiger partial charge in [0.2, 0.25) is 0 Å². The minimum absolute atomic E-state index is 0.0198. The highest BCUT2D eigenvalue weighted by molar-refractivity contribution is 6.31. The molecule has 1 aliphatic rings. The molecule has 9 nitrogen and oxygen atoms in total. The van der Waals surface area contributed by atoms with Gasteiger partial charge in [0, 0.05) is 18.9 Å². The second-order valence-corrected chi connectivity index (χ2v) is 7.26. The van der Waals surface area contributed by atoms with Gasteiger partial charge in [-0.25, -0.2) is 14.2 Å². The minimum Gasteiger partial charge on any atom is -0.441 e. The van der Waals surface area contributed by atoms with E-state index in [0.717, 1.165) is 11.1 Å². The number of aromatic amines is 1. The number of amides is 2. The van der Waals surface area contributed by atoms with Crippen LogP contribution in [0, 0.1) is 5.82 Å². The molecule has 2 amide bonds. The average molecular weight is 433 g/mol. The van der Waals surface area contributed by atoms with Gasteiger partial charge >= 0.3 is 6.09 Å². The summed E-state index contributed by atoms with van der Waals surface area (Å²) in [7, 11) is 1.75. The molecule has 3 N–H and O–H groups in total. The van der Waals surface area contributed by atoms with Gasteiger partial charge in [-0.15, -0.1) is 0 Å². The first-order valence-electron chi connectivity index (χ1n) is 9.14. The Morgan fingerprint density at radius 3 is 3.00 bits per heavy atom. The number of halogens is 2. The highest BCUT2D eigenvalue weighted by atomic mass is 35.5. The summed E-state index contributed by atoms with van der Waals surface area (Å²) in [5.74, 6) is -0.453. The lowest BCUT2D eigenvalue weighted by Gasteiger charge is -2.12. The summed E-state index contributed by atoms with van der Waals surface area (Å²) < 4.78 is 20.2. The number of ether oxygens (including phenoxy) is 1. The second kappa shape index (κ2) is 8.15. The molecule has 2 aromatic heterocycles. The third-order valence-electron chi connectivity index (χ3n) is 4.87. The molecule has 2 heterocycles. The molecule has 11 heteroatoms. The van der Waals surface area contributed by atoms with Crippen LogP contribution in [0.5, 0.6) is 0 Å². The average Bonchev–Trinajstić information content (AvgIpc) is 3.41. The van der Waals surface area contributed by atoms with Gasteiger partial charge in [-0.1, -0.05) is 11.6 Å². The molecule has 156 valence electrons. The van der Waals surface area contributed by atoms with Crippen molar-refractivity contribution in [3.05, 3.63) is 64.2 Å². The molecular formula is C19H18ClFN6O3. The fourth-order valence-electron chi connectivity index (χ4n) is 3.54. The van der Waals surface area contributed by atoms with Crippen molar-refractivity contribution in [2.45, 2.75) is 25.5 Å². The van der Waals surface area contributed by atoms with E-state index in [4.69, 9.17) is 16.3 Å². The summed E-state index contributed by atoms with van der Waals surface area (Å²) in [6.07, 6.45) is 3.83. The Bertz CT molecular complexity index is 1100. The molecule has 1 atom stereocenters. The van der Waals surface area contributed by atoms with E-state index in [-0.39, 0.29) is 23.6 Å². The Balaban J connectivity index is 1.44. The molecule has 0 bridgehead atoms. The van der Waals surface area contributed by atoms with Gasteiger partial charge in [0.05, 0.1) is 11.1 Å². The zero-order valence-electron chi connectivity index (χ0n) is 15.9. The lowest BCUT2D eigenvalue weighted by Crippen LogP contribution is -2.27. The van der Waals surface area contributed by atoms with Gasteiger partial charge in [0.25, 0.3) is 5.91 Å². The van der Waals surface area contributed by atoms with Crippen molar-refractivity contribution in [3.63, 3.8) is 0 Å².